The molecule has 0 aromatic heterocycles. The van der Waals surface area contributed by atoms with E-state index >= 15 is 0 Å². The molecule has 78 heavy (non-hydrogen) atoms. The minimum Gasteiger partial charge on any atom is -0.462 e. The van der Waals surface area contributed by atoms with Crippen molar-refractivity contribution in [1.82, 2.24) is 0 Å². The first kappa shape index (κ1) is 73.3. The second-order valence-electron chi connectivity index (χ2n) is 20.5. The predicted molar refractivity (Wildman–Crippen MR) is 339 cm³/mol. The zero-order valence-corrected chi connectivity index (χ0v) is 50.4. The van der Waals surface area contributed by atoms with Gasteiger partial charge in [0.1, 0.15) is 13.2 Å². The van der Waals surface area contributed by atoms with Crippen molar-refractivity contribution in [2.75, 3.05) is 13.2 Å². The highest BCUT2D eigenvalue weighted by Gasteiger charge is 2.19. The highest BCUT2D eigenvalue weighted by molar-refractivity contribution is 5.71. The number of esters is 3. The largest absolute Gasteiger partial charge is 0.462 e. The van der Waals surface area contributed by atoms with Gasteiger partial charge in [-0.15, -0.1) is 0 Å². The highest BCUT2D eigenvalue weighted by Crippen LogP contribution is 2.14. The Morgan fingerprint density at radius 3 is 0.795 bits per heavy atom. The molecule has 0 N–H and O–H groups in total. The molecule has 0 saturated heterocycles. The molecule has 1 atom stereocenters. The van der Waals surface area contributed by atoms with Gasteiger partial charge in [-0.25, -0.2) is 0 Å². The van der Waals surface area contributed by atoms with Crippen molar-refractivity contribution in [3.8, 4) is 0 Å². The van der Waals surface area contributed by atoms with E-state index in [4.69, 9.17) is 14.2 Å². The van der Waals surface area contributed by atoms with Crippen molar-refractivity contribution in [2.24, 2.45) is 0 Å². The summed E-state index contributed by atoms with van der Waals surface area (Å²) in [7, 11) is 0. The third-order valence-corrected chi connectivity index (χ3v) is 13.1. The van der Waals surface area contributed by atoms with E-state index in [0.29, 0.717) is 19.3 Å². The summed E-state index contributed by atoms with van der Waals surface area (Å²) >= 11 is 0. The van der Waals surface area contributed by atoms with Crippen molar-refractivity contribution < 1.29 is 28.6 Å². The number of ether oxygens (including phenoxy) is 3. The topological polar surface area (TPSA) is 78.9 Å². The number of hydrogen-bond donors (Lipinski definition) is 0. The van der Waals surface area contributed by atoms with E-state index in [2.05, 4.69) is 167 Å². The van der Waals surface area contributed by atoms with Gasteiger partial charge in [0.2, 0.25) is 0 Å². The van der Waals surface area contributed by atoms with E-state index in [1.54, 1.807) is 0 Å². The molecule has 0 aromatic rings. The van der Waals surface area contributed by atoms with Crippen LogP contribution in [0.25, 0.3) is 0 Å². The molecule has 6 heteroatoms. The maximum Gasteiger partial charge on any atom is 0.306 e. The third kappa shape index (κ3) is 62.1. The molecule has 6 nitrogen and oxygen atoms in total. The van der Waals surface area contributed by atoms with Gasteiger partial charge in [-0.3, -0.25) is 14.4 Å². The van der Waals surface area contributed by atoms with Crippen LogP contribution in [0.2, 0.25) is 0 Å². The molecule has 0 aromatic carbocycles. The number of hydrogen-bond acceptors (Lipinski definition) is 6. The van der Waals surface area contributed by atoms with Gasteiger partial charge in [-0.2, -0.15) is 0 Å². The summed E-state index contributed by atoms with van der Waals surface area (Å²) in [5.74, 6) is -0.932. The Morgan fingerprint density at radius 1 is 0.269 bits per heavy atom. The quantitative estimate of drug-likeness (QED) is 0.0261. The van der Waals surface area contributed by atoms with Gasteiger partial charge in [0.05, 0.1) is 0 Å². The summed E-state index contributed by atoms with van der Waals surface area (Å²) in [5, 5.41) is 0. The first-order valence-corrected chi connectivity index (χ1v) is 31.8. The Bertz CT molecular complexity index is 1710. The van der Waals surface area contributed by atoms with Gasteiger partial charge in [0, 0.05) is 19.3 Å². The second-order valence-corrected chi connectivity index (χ2v) is 20.5. The van der Waals surface area contributed by atoms with Crippen molar-refractivity contribution in [2.45, 2.75) is 277 Å². The number of unbranched alkanes of at least 4 members (excludes halogenated alkanes) is 21. The number of allylic oxidation sites excluding steroid dienone is 24. The fraction of sp³-hybridized carbons (Fsp3) is 0.625. The average Bonchev–Trinajstić information content (AvgIpc) is 3.44. The van der Waals surface area contributed by atoms with E-state index in [-0.39, 0.29) is 31.1 Å². The lowest BCUT2D eigenvalue weighted by Gasteiger charge is -2.18. The lowest BCUT2D eigenvalue weighted by Crippen LogP contribution is -2.30. The maximum atomic E-state index is 12.9. The molecule has 0 radical (unpaired) electrons. The van der Waals surface area contributed by atoms with E-state index < -0.39 is 6.10 Å². The van der Waals surface area contributed by atoms with Gasteiger partial charge >= 0.3 is 17.9 Å². The summed E-state index contributed by atoms with van der Waals surface area (Å²) in [6, 6.07) is 0. The molecular formula is C72H116O6. The number of carbonyl (C=O) groups excluding carboxylic acids is 3. The van der Waals surface area contributed by atoms with Crippen LogP contribution >= 0.6 is 0 Å². The van der Waals surface area contributed by atoms with E-state index in [1.165, 1.54) is 64.2 Å². The van der Waals surface area contributed by atoms with Crippen LogP contribution in [0.4, 0.5) is 0 Å². The zero-order chi connectivity index (χ0) is 56.4. The Labute approximate surface area is 480 Å². The summed E-state index contributed by atoms with van der Waals surface area (Å²) < 4.78 is 16.9. The molecule has 0 aliphatic carbocycles. The summed E-state index contributed by atoms with van der Waals surface area (Å²) in [6.07, 6.45) is 92.8. The van der Waals surface area contributed by atoms with Gasteiger partial charge in [0.15, 0.2) is 6.10 Å². The summed E-state index contributed by atoms with van der Waals surface area (Å²) in [4.78, 5) is 38.2. The van der Waals surface area contributed by atoms with Crippen LogP contribution in [0.5, 0.6) is 0 Å². The fourth-order valence-corrected chi connectivity index (χ4v) is 8.35. The lowest BCUT2D eigenvalue weighted by molar-refractivity contribution is -0.167. The molecule has 0 rings (SSSR count). The molecule has 0 heterocycles. The van der Waals surface area contributed by atoms with E-state index in [0.717, 1.165) is 167 Å². The molecule has 440 valence electrons. The van der Waals surface area contributed by atoms with Crippen LogP contribution in [0.3, 0.4) is 0 Å². The summed E-state index contributed by atoms with van der Waals surface area (Å²) in [5.41, 5.74) is 0. The highest BCUT2D eigenvalue weighted by atomic mass is 16.6. The van der Waals surface area contributed by atoms with Gasteiger partial charge in [-0.05, 0) is 141 Å². The van der Waals surface area contributed by atoms with E-state index in [1.807, 2.05) is 0 Å². The molecule has 0 spiro atoms. The molecule has 0 aliphatic heterocycles. The molecule has 0 amide bonds. The maximum absolute atomic E-state index is 12.9. The normalized spacial score (nSPS) is 13.1. The van der Waals surface area contributed by atoms with Crippen LogP contribution in [-0.4, -0.2) is 37.2 Å². The van der Waals surface area contributed by atoms with Crippen molar-refractivity contribution in [1.29, 1.82) is 0 Å². The number of carbonyl (C=O) groups is 3. The minimum atomic E-state index is -0.799. The van der Waals surface area contributed by atoms with Crippen LogP contribution in [0.1, 0.15) is 271 Å². The van der Waals surface area contributed by atoms with Crippen LogP contribution in [-0.2, 0) is 28.6 Å². The van der Waals surface area contributed by atoms with Crippen molar-refractivity contribution in [3.63, 3.8) is 0 Å². The Kier molecular flexibility index (Phi) is 60.9. The Morgan fingerprint density at radius 2 is 0.500 bits per heavy atom. The van der Waals surface area contributed by atoms with Gasteiger partial charge in [-0.1, -0.05) is 256 Å². The first-order chi connectivity index (χ1) is 38.5. The third-order valence-electron chi connectivity index (χ3n) is 13.1. The Hall–Kier alpha value is -4.71. The molecule has 0 bridgehead atoms. The monoisotopic (exact) mass is 1080 g/mol. The molecule has 0 aliphatic rings. The molecule has 0 fully saturated rings. The molecule has 0 saturated carbocycles. The SMILES string of the molecule is CC/C=C\C/C=C\C/C=C\C/C=C\C/C=C\C/C=C\C/C=C\C/C=C\CCCCCCCCCCC(=O)OCC(COC(=O)CCCCCCC/C=C\CCCCC)OC(=O)CCCCCCC/C=C\C/C=C\C/C=C\CC. The fourth-order valence-electron chi connectivity index (χ4n) is 8.35. The van der Waals surface area contributed by atoms with Gasteiger partial charge < -0.3 is 14.2 Å². The lowest BCUT2D eigenvalue weighted by atomic mass is 10.1. The van der Waals surface area contributed by atoms with Gasteiger partial charge in [0.25, 0.3) is 0 Å². The summed E-state index contributed by atoms with van der Waals surface area (Å²) in [6.45, 7) is 6.36. The van der Waals surface area contributed by atoms with Crippen LogP contribution in [0, 0.1) is 0 Å². The average molecular weight is 1080 g/mol. The zero-order valence-electron chi connectivity index (χ0n) is 50.4. The van der Waals surface area contributed by atoms with Crippen LogP contribution in [0.15, 0.2) is 146 Å². The van der Waals surface area contributed by atoms with Crippen molar-refractivity contribution in [3.05, 3.63) is 146 Å². The molecular weight excluding hydrogens is 961 g/mol. The number of rotatable bonds is 56. The second kappa shape index (κ2) is 64.8. The van der Waals surface area contributed by atoms with E-state index in [9.17, 15) is 14.4 Å². The first-order valence-electron chi connectivity index (χ1n) is 31.8. The predicted octanol–water partition coefficient (Wildman–Crippen LogP) is 21.9. The smallest absolute Gasteiger partial charge is 0.306 e. The standard InChI is InChI=1S/C72H116O6/c1-4-7-10-13-16-19-22-25-27-28-29-30-31-32-33-34-35-36-37-38-39-40-41-42-43-44-46-47-50-53-56-59-62-65-71(74)77-68-69(67-76-70(73)64-61-58-55-52-49-24-21-18-15-12-9-6-3)78-72(75)66-63-60-57-54-51-48-45-26-23-20-17-14-11-8-5-2/h7-8,10-11,16-21,25-27,29-30,32-33,35-36,38-39,41-42,45,69H,4-6,9,12-15,22-24,28,31,34,37,40,43-44,46-68H2,1-3H3/b10-7-,11-8-,19-16-,20-17-,21-18-,27-25-,30-29-,33-32-,36-35-,39-38-,42-41-,45-26-. The van der Waals surface area contributed by atoms with Crippen LogP contribution < -0.4 is 0 Å². The molecule has 1 unspecified atom stereocenters. The van der Waals surface area contributed by atoms with Crippen molar-refractivity contribution >= 4 is 17.9 Å². The Balaban J connectivity index is 4.28. The minimum absolute atomic E-state index is 0.0956.